The second-order valence-corrected chi connectivity index (χ2v) is 3.92. The Labute approximate surface area is 102 Å². The lowest BCUT2D eigenvalue weighted by Crippen LogP contribution is -2.04. The smallest absolute Gasteiger partial charge is 0.337 e. The summed E-state index contributed by atoms with van der Waals surface area (Å²) in [7, 11) is 0. The molecule has 0 aliphatic carbocycles. The van der Waals surface area contributed by atoms with Crippen LogP contribution >= 0.6 is 0 Å². The highest BCUT2D eigenvalue weighted by atomic mass is 19.1. The van der Waals surface area contributed by atoms with Crippen LogP contribution in [0.25, 0.3) is 11.1 Å². The van der Waals surface area contributed by atoms with Crippen molar-refractivity contribution in [1.29, 1.82) is 0 Å². The number of aromatic nitrogens is 1. The number of hydrogen-bond donors (Lipinski definition) is 2. The number of nitrogens with two attached hydrogens (primary N) is 1. The molecule has 0 atom stereocenters. The minimum absolute atomic E-state index is 0.115. The van der Waals surface area contributed by atoms with Gasteiger partial charge in [0.1, 0.15) is 11.6 Å². The number of benzene rings is 1. The fraction of sp³-hybridized carbons (Fsp3) is 0.167. The van der Waals surface area contributed by atoms with Crippen molar-refractivity contribution in [3.63, 3.8) is 0 Å². The normalized spacial score (nSPS) is 10.6. The maximum absolute atomic E-state index is 13.9. The quantitative estimate of drug-likeness (QED) is 0.798. The zero-order chi connectivity index (χ0) is 13.4. The zero-order valence-electron chi connectivity index (χ0n) is 9.82. The monoisotopic (exact) mass is 250 g/mol. The lowest BCUT2D eigenvalue weighted by atomic mass is 10.00. The van der Waals surface area contributed by atoms with E-state index in [0.717, 1.165) is 6.07 Å². The van der Waals surface area contributed by atoms with Crippen molar-refractivity contribution >= 4 is 11.7 Å². The van der Waals surface area contributed by atoms with Crippen molar-refractivity contribution in [2.45, 2.75) is 13.8 Å². The average Bonchev–Trinajstić information content (AvgIpc) is 2.59. The Hall–Kier alpha value is -2.37. The second kappa shape index (κ2) is 4.14. The highest BCUT2D eigenvalue weighted by Crippen LogP contribution is 2.31. The molecular weight excluding hydrogens is 239 g/mol. The average molecular weight is 250 g/mol. The van der Waals surface area contributed by atoms with Gasteiger partial charge in [0.2, 0.25) is 0 Å². The first kappa shape index (κ1) is 12.1. The molecule has 0 radical (unpaired) electrons. The fourth-order valence-corrected chi connectivity index (χ4v) is 1.83. The van der Waals surface area contributed by atoms with E-state index in [1.807, 2.05) is 0 Å². The molecular formula is C12H11FN2O3. The van der Waals surface area contributed by atoms with Gasteiger partial charge in [-0.25, -0.2) is 9.18 Å². The summed E-state index contributed by atoms with van der Waals surface area (Å²) in [6.07, 6.45) is 0. The number of rotatable bonds is 2. The summed E-state index contributed by atoms with van der Waals surface area (Å²) in [6, 6.07) is 2.18. The van der Waals surface area contributed by atoms with Crippen LogP contribution in [0.5, 0.6) is 0 Å². The Morgan fingerprint density at radius 1 is 1.44 bits per heavy atom. The standard InChI is InChI=1S/C12H11FN2O3/c1-5-11(6(2)18-15-5)7-3-8(12(16)17)10(14)4-9(7)13/h3-4H,14H2,1-2H3,(H,16,17). The predicted molar refractivity (Wildman–Crippen MR) is 62.7 cm³/mol. The number of carboxylic acid groups (broad SMARTS) is 1. The SMILES string of the molecule is Cc1noc(C)c1-c1cc(C(=O)O)c(N)cc1F. The van der Waals surface area contributed by atoms with Crippen molar-refractivity contribution in [2.24, 2.45) is 0 Å². The van der Waals surface area contributed by atoms with Gasteiger partial charge in [-0.2, -0.15) is 0 Å². The molecule has 0 spiro atoms. The van der Waals surface area contributed by atoms with E-state index in [0.29, 0.717) is 17.0 Å². The molecule has 18 heavy (non-hydrogen) atoms. The molecule has 0 fully saturated rings. The fourth-order valence-electron chi connectivity index (χ4n) is 1.83. The van der Waals surface area contributed by atoms with Crippen LogP contribution in [0.2, 0.25) is 0 Å². The van der Waals surface area contributed by atoms with Crippen molar-refractivity contribution in [3.05, 3.63) is 35.0 Å². The number of nitrogens with zero attached hydrogens (tertiary/aromatic N) is 1. The van der Waals surface area contributed by atoms with E-state index in [2.05, 4.69) is 5.16 Å². The van der Waals surface area contributed by atoms with Crippen LogP contribution in [0.15, 0.2) is 16.7 Å². The van der Waals surface area contributed by atoms with Crippen LogP contribution in [0.4, 0.5) is 10.1 Å². The lowest BCUT2D eigenvalue weighted by molar-refractivity contribution is 0.0698. The van der Waals surface area contributed by atoms with Crippen molar-refractivity contribution in [2.75, 3.05) is 5.73 Å². The number of carbonyl (C=O) groups is 1. The van der Waals surface area contributed by atoms with E-state index in [-0.39, 0.29) is 16.8 Å². The Balaban J connectivity index is 2.72. The zero-order valence-corrected chi connectivity index (χ0v) is 9.82. The Kier molecular flexibility index (Phi) is 2.78. The highest BCUT2D eigenvalue weighted by Gasteiger charge is 2.19. The molecule has 2 rings (SSSR count). The number of hydrogen-bond acceptors (Lipinski definition) is 4. The highest BCUT2D eigenvalue weighted by molar-refractivity contribution is 5.95. The molecule has 94 valence electrons. The number of aromatic carboxylic acids is 1. The van der Waals surface area contributed by atoms with Crippen molar-refractivity contribution < 1.29 is 18.8 Å². The van der Waals surface area contributed by atoms with Crippen molar-refractivity contribution in [1.82, 2.24) is 5.16 Å². The maximum Gasteiger partial charge on any atom is 0.337 e. The third kappa shape index (κ3) is 1.81. The molecule has 2 aromatic rings. The first-order valence-corrected chi connectivity index (χ1v) is 5.17. The number of anilines is 1. The predicted octanol–water partition coefficient (Wildman–Crippen LogP) is 2.38. The summed E-state index contributed by atoms with van der Waals surface area (Å²) in [5.41, 5.74) is 6.27. The summed E-state index contributed by atoms with van der Waals surface area (Å²) in [5, 5.41) is 12.7. The van der Waals surface area contributed by atoms with Crippen LogP contribution in [-0.4, -0.2) is 16.2 Å². The Bertz CT molecular complexity index is 615. The van der Waals surface area contributed by atoms with Crippen LogP contribution in [0.3, 0.4) is 0 Å². The van der Waals surface area contributed by atoms with Gasteiger partial charge in [0.05, 0.1) is 16.8 Å². The van der Waals surface area contributed by atoms with Crippen LogP contribution < -0.4 is 5.73 Å². The van der Waals surface area contributed by atoms with E-state index in [4.69, 9.17) is 15.4 Å². The van der Waals surface area contributed by atoms with Crippen LogP contribution in [0, 0.1) is 19.7 Å². The number of carboxylic acids is 1. The van der Waals surface area contributed by atoms with Gasteiger partial charge in [-0.15, -0.1) is 0 Å². The Morgan fingerprint density at radius 3 is 2.61 bits per heavy atom. The van der Waals surface area contributed by atoms with Gasteiger partial charge in [-0.05, 0) is 26.0 Å². The second-order valence-electron chi connectivity index (χ2n) is 3.92. The van der Waals surface area contributed by atoms with Gasteiger partial charge >= 0.3 is 5.97 Å². The molecule has 0 aliphatic heterocycles. The third-order valence-electron chi connectivity index (χ3n) is 2.67. The molecule has 6 heteroatoms. The third-order valence-corrected chi connectivity index (χ3v) is 2.67. The van der Waals surface area contributed by atoms with Gasteiger partial charge < -0.3 is 15.4 Å². The summed E-state index contributed by atoms with van der Waals surface area (Å²) >= 11 is 0. The van der Waals surface area contributed by atoms with Gasteiger partial charge in [-0.3, -0.25) is 0 Å². The summed E-state index contributed by atoms with van der Waals surface area (Å²) in [6.45, 7) is 3.29. The van der Waals surface area contributed by atoms with Gasteiger partial charge in [0.25, 0.3) is 0 Å². The number of nitrogen functional groups attached to an aromatic ring is 1. The molecule has 0 saturated carbocycles. The first-order valence-electron chi connectivity index (χ1n) is 5.17. The number of aryl methyl sites for hydroxylation is 2. The van der Waals surface area contributed by atoms with Gasteiger partial charge in [0, 0.05) is 11.3 Å². The summed E-state index contributed by atoms with van der Waals surface area (Å²) < 4.78 is 18.8. The maximum atomic E-state index is 13.9. The van der Waals surface area contributed by atoms with Crippen LogP contribution in [-0.2, 0) is 0 Å². The number of halogens is 1. The molecule has 0 unspecified atom stereocenters. The minimum atomic E-state index is -1.21. The molecule has 5 nitrogen and oxygen atoms in total. The summed E-state index contributed by atoms with van der Waals surface area (Å²) in [4.78, 5) is 11.0. The summed E-state index contributed by atoms with van der Waals surface area (Å²) in [5.74, 6) is -1.39. The van der Waals surface area contributed by atoms with E-state index in [9.17, 15) is 9.18 Å². The van der Waals surface area contributed by atoms with Gasteiger partial charge in [-0.1, -0.05) is 5.16 Å². The van der Waals surface area contributed by atoms with Gasteiger partial charge in [0.15, 0.2) is 0 Å². The van der Waals surface area contributed by atoms with E-state index in [1.165, 1.54) is 6.07 Å². The largest absolute Gasteiger partial charge is 0.478 e. The minimum Gasteiger partial charge on any atom is -0.478 e. The first-order chi connectivity index (χ1) is 8.41. The molecule has 0 amide bonds. The van der Waals surface area contributed by atoms with Crippen LogP contribution in [0.1, 0.15) is 21.8 Å². The molecule has 0 saturated heterocycles. The molecule has 1 aromatic heterocycles. The molecule has 1 aromatic carbocycles. The molecule has 3 N–H and O–H groups in total. The van der Waals surface area contributed by atoms with E-state index < -0.39 is 11.8 Å². The van der Waals surface area contributed by atoms with E-state index in [1.54, 1.807) is 13.8 Å². The molecule has 1 heterocycles. The molecule has 0 bridgehead atoms. The topological polar surface area (TPSA) is 89.3 Å². The molecule has 0 aliphatic rings. The van der Waals surface area contributed by atoms with E-state index >= 15 is 0 Å². The van der Waals surface area contributed by atoms with Crippen molar-refractivity contribution in [3.8, 4) is 11.1 Å². The lowest BCUT2D eigenvalue weighted by Gasteiger charge is -2.07. The Morgan fingerprint density at radius 2 is 2.11 bits per heavy atom.